The summed E-state index contributed by atoms with van der Waals surface area (Å²) in [6, 6.07) is 9.14. The molecule has 2 aromatic heterocycles. The van der Waals surface area contributed by atoms with Crippen LogP contribution in [0.3, 0.4) is 0 Å². The van der Waals surface area contributed by atoms with Crippen molar-refractivity contribution in [3.63, 3.8) is 0 Å². The Morgan fingerprint density at radius 1 is 1.13 bits per heavy atom. The lowest BCUT2D eigenvalue weighted by atomic mass is 9.99. The predicted molar refractivity (Wildman–Crippen MR) is 115 cm³/mol. The van der Waals surface area contributed by atoms with Crippen molar-refractivity contribution < 1.29 is 23.8 Å². The fraction of sp³-hybridized carbons (Fsp3) is 0.273. The van der Waals surface area contributed by atoms with Gasteiger partial charge in [-0.2, -0.15) is 0 Å². The summed E-state index contributed by atoms with van der Waals surface area (Å²) in [5.74, 6) is -0.301. The minimum absolute atomic E-state index is 0.00215. The number of anilines is 1. The lowest BCUT2D eigenvalue weighted by Gasteiger charge is -2.20. The zero-order chi connectivity index (χ0) is 22.3. The van der Waals surface area contributed by atoms with E-state index in [0.29, 0.717) is 27.8 Å². The molecule has 3 aromatic rings. The van der Waals surface area contributed by atoms with Crippen LogP contribution in [0.4, 0.5) is 5.13 Å². The first-order valence-electron chi connectivity index (χ1n) is 9.70. The van der Waals surface area contributed by atoms with E-state index in [0.717, 1.165) is 0 Å². The molecule has 9 heteroatoms. The predicted octanol–water partition coefficient (Wildman–Crippen LogP) is 4.16. The molecule has 1 aliphatic heterocycles. The van der Waals surface area contributed by atoms with E-state index in [1.54, 1.807) is 50.2 Å². The summed E-state index contributed by atoms with van der Waals surface area (Å²) < 4.78 is 11.4. The third kappa shape index (κ3) is 3.84. The van der Waals surface area contributed by atoms with Gasteiger partial charge in [0.15, 0.2) is 0 Å². The van der Waals surface area contributed by atoms with Gasteiger partial charge in [-0.05, 0) is 64.1 Å². The van der Waals surface area contributed by atoms with Gasteiger partial charge in [0, 0.05) is 5.56 Å². The molecule has 0 radical (unpaired) electrons. The second-order valence-corrected chi connectivity index (χ2v) is 8.57. The Labute approximate surface area is 182 Å². The molecule has 1 aliphatic rings. The van der Waals surface area contributed by atoms with Crippen molar-refractivity contribution in [2.45, 2.75) is 39.8 Å². The molecule has 8 nitrogen and oxygen atoms in total. The van der Waals surface area contributed by atoms with Gasteiger partial charge < -0.3 is 14.3 Å². The molecule has 1 aromatic carbocycles. The highest BCUT2D eigenvalue weighted by molar-refractivity contribution is 7.15. The monoisotopic (exact) mass is 439 g/mol. The number of ketones is 1. The van der Waals surface area contributed by atoms with Crippen LogP contribution < -0.4 is 9.64 Å². The molecule has 0 bridgehead atoms. The van der Waals surface area contributed by atoms with Crippen LogP contribution in [0.15, 0.2) is 46.4 Å². The van der Waals surface area contributed by atoms with E-state index in [4.69, 9.17) is 9.15 Å². The number of rotatable bonds is 5. The topological polar surface area (TPSA) is 106 Å². The molecular weight excluding hydrogens is 418 g/mol. The normalized spacial score (nSPS) is 18.2. The Morgan fingerprint density at radius 2 is 1.84 bits per heavy atom. The molecule has 1 fully saturated rings. The molecule has 4 rings (SSSR count). The summed E-state index contributed by atoms with van der Waals surface area (Å²) in [4.78, 5) is 27.2. The van der Waals surface area contributed by atoms with Crippen molar-refractivity contribution in [3.8, 4) is 5.75 Å². The van der Waals surface area contributed by atoms with E-state index in [1.165, 1.54) is 16.2 Å². The first kappa shape index (κ1) is 20.8. The number of carbonyl (C=O) groups excluding carboxylic acids is 2. The molecule has 31 heavy (non-hydrogen) atoms. The maximum atomic E-state index is 13.0. The van der Waals surface area contributed by atoms with E-state index >= 15 is 0 Å². The molecule has 1 atom stereocenters. The highest BCUT2D eigenvalue weighted by Crippen LogP contribution is 2.43. The molecule has 0 saturated carbocycles. The van der Waals surface area contributed by atoms with Gasteiger partial charge in [0.1, 0.15) is 34.1 Å². The molecule has 0 aliphatic carbocycles. The molecule has 1 amide bonds. The van der Waals surface area contributed by atoms with Gasteiger partial charge in [0.2, 0.25) is 5.13 Å². The zero-order valence-corrected chi connectivity index (χ0v) is 18.3. The van der Waals surface area contributed by atoms with Crippen LogP contribution in [0.1, 0.15) is 42.0 Å². The van der Waals surface area contributed by atoms with Gasteiger partial charge >= 0.3 is 5.91 Å². The summed E-state index contributed by atoms with van der Waals surface area (Å²) in [5.41, 5.74) is 0.320. The molecule has 0 spiro atoms. The van der Waals surface area contributed by atoms with Crippen molar-refractivity contribution in [1.82, 2.24) is 10.2 Å². The van der Waals surface area contributed by atoms with Gasteiger partial charge in [0.25, 0.3) is 5.78 Å². The minimum Gasteiger partial charge on any atom is -0.507 e. The summed E-state index contributed by atoms with van der Waals surface area (Å²) >= 11 is 1.18. The average Bonchev–Trinajstić information content (AvgIpc) is 3.40. The fourth-order valence-electron chi connectivity index (χ4n) is 3.40. The summed E-state index contributed by atoms with van der Waals surface area (Å²) in [6.07, 6.45) is 0.00215. The lowest BCUT2D eigenvalue weighted by molar-refractivity contribution is -0.132. The average molecular weight is 439 g/mol. The third-order valence-electron chi connectivity index (χ3n) is 4.70. The number of hydrogen-bond donors (Lipinski definition) is 1. The highest BCUT2D eigenvalue weighted by atomic mass is 32.1. The quantitative estimate of drug-likeness (QED) is 0.361. The second-order valence-electron chi connectivity index (χ2n) is 7.41. The Morgan fingerprint density at radius 3 is 2.39 bits per heavy atom. The Balaban J connectivity index is 1.84. The molecule has 160 valence electrons. The Kier molecular flexibility index (Phi) is 5.36. The largest absolute Gasteiger partial charge is 0.507 e. The van der Waals surface area contributed by atoms with E-state index in [2.05, 4.69) is 10.2 Å². The van der Waals surface area contributed by atoms with Gasteiger partial charge in [-0.3, -0.25) is 14.5 Å². The van der Waals surface area contributed by atoms with E-state index in [9.17, 15) is 14.7 Å². The molecular formula is C22H21N3O5S. The number of hydrogen-bond acceptors (Lipinski definition) is 8. The van der Waals surface area contributed by atoms with Gasteiger partial charge in [-0.1, -0.05) is 11.3 Å². The smallest absolute Gasteiger partial charge is 0.302 e. The van der Waals surface area contributed by atoms with Crippen LogP contribution in [0.5, 0.6) is 5.75 Å². The standard InChI is InChI=1S/C22H21N3O5S/c1-11(2)29-15-8-6-14(7-9-15)19(26)17-18(16-10-5-12(3)30-16)25(21(28)20(17)27)22-24-23-13(4)31-22/h5-11,18,26H,1-4H3/t18-/m0/s1. The van der Waals surface area contributed by atoms with E-state index in [-0.39, 0.29) is 22.6 Å². The number of aliphatic hydroxyl groups is 1. The van der Waals surface area contributed by atoms with Crippen LogP contribution >= 0.6 is 11.3 Å². The van der Waals surface area contributed by atoms with Crippen molar-refractivity contribution in [3.05, 3.63) is 64.1 Å². The van der Waals surface area contributed by atoms with Gasteiger partial charge in [-0.25, -0.2) is 0 Å². The summed E-state index contributed by atoms with van der Waals surface area (Å²) in [7, 11) is 0. The number of aliphatic hydroxyl groups excluding tert-OH is 1. The first-order valence-corrected chi connectivity index (χ1v) is 10.5. The third-order valence-corrected chi connectivity index (χ3v) is 5.53. The van der Waals surface area contributed by atoms with Gasteiger partial charge in [-0.15, -0.1) is 10.2 Å². The second kappa shape index (κ2) is 7.99. The van der Waals surface area contributed by atoms with E-state index in [1.807, 2.05) is 13.8 Å². The summed E-state index contributed by atoms with van der Waals surface area (Å²) in [5, 5.41) is 19.9. The maximum Gasteiger partial charge on any atom is 0.302 e. The molecule has 1 N–H and O–H groups in total. The number of amides is 1. The van der Waals surface area contributed by atoms with Crippen LogP contribution in [0.25, 0.3) is 5.76 Å². The first-order chi connectivity index (χ1) is 14.8. The van der Waals surface area contributed by atoms with Crippen LogP contribution in [-0.4, -0.2) is 33.1 Å². The van der Waals surface area contributed by atoms with Crippen LogP contribution in [-0.2, 0) is 9.59 Å². The molecule has 3 heterocycles. The van der Waals surface area contributed by atoms with Crippen molar-refractivity contribution >= 4 is 33.9 Å². The van der Waals surface area contributed by atoms with Crippen LogP contribution in [0, 0.1) is 13.8 Å². The van der Waals surface area contributed by atoms with Gasteiger partial charge in [0.05, 0.1) is 11.7 Å². The number of Topliss-reactive ketones (excluding diaryl/α,β-unsaturated/α-hetero) is 1. The Bertz CT molecular complexity index is 1180. The number of benzene rings is 1. The number of aryl methyl sites for hydroxylation is 2. The lowest BCUT2D eigenvalue weighted by Crippen LogP contribution is -2.29. The molecule has 1 saturated heterocycles. The minimum atomic E-state index is -0.951. The van der Waals surface area contributed by atoms with Crippen molar-refractivity contribution in [2.75, 3.05) is 4.90 Å². The number of nitrogens with zero attached hydrogens (tertiary/aromatic N) is 3. The van der Waals surface area contributed by atoms with E-state index < -0.39 is 17.7 Å². The summed E-state index contributed by atoms with van der Waals surface area (Å²) in [6.45, 7) is 7.34. The van der Waals surface area contributed by atoms with Crippen LogP contribution in [0.2, 0.25) is 0 Å². The van der Waals surface area contributed by atoms with Crippen molar-refractivity contribution in [2.24, 2.45) is 0 Å². The SMILES string of the molecule is Cc1ccc([C@H]2C(=C(O)c3ccc(OC(C)C)cc3)C(=O)C(=O)N2c2nnc(C)s2)o1. The Hall–Kier alpha value is -3.46. The fourth-order valence-corrected chi connectivity index (χ4v) is 4.12. The number of ether oxygens (including phenoxy) is 1. The highest BCUT2D eigenvalue weighted by Gasteiger charge is 2.49. The zero-order valence-electron chi connectivity index (χ0n) is 17.4. The van der Waals surface area contributed by atoms with Crippen molar-refractivity contribution in [1.29, 1.82) is 0 Å². The maximum absolute atomic E-state index is 13.0. The number of aromatic nitrogens is 2. The number of carbonyl (C=O) groups is 2. The number of furan rings is 1. The molecule has 0 unspecified atom stereocenters.